The van der Waals surface area contributed by atoms with Gasteiger partial charge in [-0.3, -0.25) is 14.4 Å². The number of piperidine rings is 1. The molecule has 1 N–H and O–H groups in total. The first-order valence-electron chi connectivity index (χ1n) is 8.28. The van der Waals surface area contributed by atoms with Crippen LogP contribution in [0.1, 0.15) is 39.0 Å². The highest BCUT2D eigenvalue weighted by Crippen LogP contribution is 2.16. The SMILES string of the molecule is CCCCCOCC(=O)N(C)CC(=O)N1CCCC(C(=O)O)C1. The number of hydrogen-bond acceptors (Lipinski definition) is 4. The summed E-state index contributed by atoms with van der Waals surface area (Å²) >= 11 is 0. The number of carbonyl (C=O) groups excluding carboxylic acids is 2. The third-order valence-electron chi connectivity index (χ3n) is 4.04. The number of aliphatic carboxylic acids is 1. The van der Waals surface area contributed by atoms with Crippen LogP contribution in [-0.4, -0.2) is 72.6 Å². The molecule has 0 aromatic heterocycles. The van der Waals surface area contributed by atoms with E-state index in [1.807, 2.05) is 0 Å². The van der Waals surface area contributed by atoms with E-state index in [-0.39, 0.29) is 31.5 Å². The minimum atomic E-state index is -0.868. The first-order chi connectivity index (χ1) is 11.0. The number of carbonyl (C=O) groups is 3. The lowest BCUT2D eigenvalue weighted by atomic mass is 9.98. The molecule has 2 amide bonds. The van der Waals surface area contributed by atoms with Gasteiger partial charge >= 0.3 is 5.97 Å². The molecule has 0 aromatic carbocycles. The number of carboxylic acids is 1. The van der Waals surface area contributed by atoms with Crippen molar-refractivity contribution >= 4 is 17.8 Å². The van der Waals surface area contributed by atoms with Crippen molar-refractivity contribution in [2.24, 2.45) is 5.92 Å². The number of amides is 2. The van der Waals surface area contributed by atoms with Crippen molar-refractivity contribution in [3.63, 3.8) is 0 Å². The third kappa shape index (κ3) is 6.99. The van der Waals surface area contributed by atoms with Crippen molar-refractivity contribution in [2.45, 2.75) is 39.0 Å². The van der Waals surface area contributed by atoms with Crippen LogP contribution in [-0.2, 0) is 19.1 Å². The van der Waals surface area contributed by atoms with E-state index < -0.39 is 11.9 Å². The molecule has 0 aliphatic carbocycles. The molecule has 1 atom stereocenters. The minimum absolute atomic E-state index is 0.0226. The Morgan fingerprint density at radius 1 is 1.30 bits per heavy atom. The van der Waals surface area contributed by atoms with Gasteiger partial charge in [0.1, 0.15) is 6.61 Å². The summed E-state index contributed by atoms with van der Waals surface area (Å²) in [6.07, 6.45) is 4.37. The van der Waals surface area contributed by atoms with Crippen molar-refractivity contribution in [1.29, 1.82) is 0 Å². The lowest BCUT2D eigenvalue weighted by Crippen LogP contribution is -2.47. The fourth-order valence-corrected chi connectivity index (χ4v) is 2.52. The first kappa shape index (κ1) is 19.4. The molecule has 1 fully saturated rings. The van der Waals surface area contributed by atoms with Gasteiger partial charge in [-0.25, -0.2) is 0 Å². The maximum atomic E-state index is 12.2. The lowest BCUT2D eigenvalue weighted by Gasteiger charge is -2.32. The van der Waals surface area contributed by atoms with Crippen LogP contribution in [0.3, 0.4) is 0 Å². The summed E-state index contributed by atoms with van der Waals surface area (Å²) in [6.45, 7) is 3.37. The Bertz CT molecular complexity index is 413. The molecule has 1 heterocycles. The van der Waals surface area contributed by atoms with Gasteiger partial charge in [0, 0.05) is 26.7 Å². The lowest BCUT2D eigenvalue weighted by molar-refractivity contribution is -0.148. The Balaban J connectivity index is 2.31. The van der Waals surface area contributed by atoms with E-state index in [0.717, 1.165) is 19.3 Å². The summed E-state index contributed by atoms with van der Waals surface area (Å²) in [5.41, 5.74) is 0. The van der Waals surface area contributed by atoms with Crippen LogP contribution in [0.5, 0.6) is 0 Å². The van der Waals surface area contributed by atoms with Crippen molar-refractivity contribution in [3.05, 3.63) is 0 Å². The normalized spacial score (nSPS) is 17.8. The Hall–Kier alpha value is -1.63. The van der Waals surface area contributed by atoms with E-state index in [2.05, 4.69) is 6.92 Å². The molecular formula is C16H28N2O5. The number of carboxylic acid groups (broad SMARTS) is 1. The maximum Gasteiger partial charge on any atom is 0.308 e. The van der Waals surface area contributed by atoms with Gasteiger partial charge in [0.25, 0.3) is 0 Å². The molecule has 7 nitrogen and oxygen atoms in total. The highest BCUT2D eigenvalue weighted by atomic mass is 16.5. The second-order valence-electron chi connectivity index (χ2n) is 6.03. The molecule has 0 saturated carbocycles. The molecule has 0 aromatic rings. The molecule has 1 rings (SSSR count). The smallest absolute Gasteiger partial charge is 0.308 e. The highest BCUT2D eigenvalue weighted by molar-refractivity contribution is 5.85. The molecule has 1 saturated heterocycles. The molecule has 23 heavy (non-hydrogen) atoms. The van der Waals surface area contributed by atoms with Crippen LogP contribution in [0.25, 0.3) is 0 Å². The van der Waals surface area contributed by atoms with E-state index in [1.165, 1.54) is 9.80 Å². The van der Waals surface area contributed by atoms with Crippen LogP contribution in [0.15, 0.2) is 0 Å². The van der Waals surface area contributed by atoms with E-state index >= 15 is 0 Å². The maximum absolute atomic E-state index is 12.2. The second-order valence-corrected chi connectivity index (χ2v) is 6.03. The largest absolute Gasteiger partial charge is 0.481 e. The average molecular weight is 328 g/mol. The van der Waals surface area contributed by atoms with Crippen molar-refractivity contribution in [1.82, 2.24) is 9.80 Å². The Labute approximate surface area is 137 Å². The average Bonchev–Trinajstić information content (AvgIpc) is 2.54. The Morgan fingerprint density at radius 3 is 2.70 bits per heavy atom. The molecule has 0 radical (unpaired) electrons. The van der Waals surface area contributed by atoms with E-state index in [1.54, 1.807) is 7.05 Å². The van der Waals surface area contributed by atoms with Gasteiger partial charge in [-0.1, -0.05) is 19.8 Å². The number of rotatable bonds is 9. The Morgan fingerprint density at radius 2 is 2.04 bits per heavy atom. The molecule has 132 valence electrons. The summed E-state index contributed by atoms with van der Waals surface area (Å²) in [5, 5.41) is 9.05. The van der Waals surface area contributed by atoms with Gasteiger partial charge in [-0.2, -0.15) is 0 Å². The third-order valence-corrected chi connectivity index (χ3v) is 4.04. The highest BCUT2D eigenvalue weighted by Gasteiger charge is 2.28. The number of unbranched alkanes of at least 4 members (excludes halogenated alkanes) is 2. The van der Waals surface area contributed by atoms with E-state index in [4.69, 9.17) is 9.84 Å². The zero-order valence-electron chi connectivity index (χ0n) is 14.1. The van der Waals surface area contributed by atoms with Crippen LogP contribution in [0.2, 0.25) is 0 Å². The summed E-state index contributed by atoms with van der Waals surface area (Å²) < 4.78 is 5.30. The molecule has 0 spiro atoms. The number of ether oxygens (including phenoxy) is 1. The predicted octanol–water partition coefficient (Wildman–Crippen LogP) is 0.975. The van der Waals surface area contributed by atoms with Crippen LogP contribution in [0.4, 0.5) is 0 Å². The predicted molar refractivity (Wildman–Crippen MR) is 84.9 cm³/mol. The zero-order chi connectivity index (χ0) is 17.2. The summed E-state index contributed by atoms with van der Waals surface area (Å²) in [5.74, 6) is -1.82. The van der Waals surface area contributed by atoms with Crippen LogP contribution < -0.4 is 0 Å². The fraction of sp³-hybridized carbons (Fsp3) is 0.812. The van der Waals surface area contributed by atoms with Crippen LogP contribution >= 0.6 is 0 Å². The molecule has 7 heteroatoms. The monoisotopic (exact) mass is 328 g/mol. The van der Waals surface area contributed by atoms with Crippen molar-refractivity contribution < 1.29 is 24.2 Å². The minimum Gasteiger partial charge on any atom is -0.481 e. The quantitative estimate of drug-likeness (QED) is 0.637. The van der Waals surface area contributed by atoms with Crippen LogP contribution in [0, 0.1) is 5.92 Å². The van der Waals surface area contributed by atoms with Gasteiger partial charge < -0.3 is 19.6 Å². The number of likely N-dealkylation sites (tertiary alicyclic amines) is 1. The molecule has 1 aliphatic rings. The van der Waals surface area contributed by atoms with Gasteiger partial charge in [0.15, 0.2) is 0 Å². The molecule has 1 unspecified atom stereocenters. The standard InChI is InChI=1S/C16H28N2O5/c1-3-4-5-9-23-12-15(20)17(2)11-14(19)18-8-6-7-13(10-18)16(21)22/h13H,3-12H2,1-2H3,(H,21,22). The first-order valence-corrected chi connectivity index (χ1v) is 8.28. The fourth-order valence-electron chi connectivity index (χ4n) is 2.52. The van der Waals surface area contributed by atoms with Gasteiger partial charge in [0.2, 0.25) is 11.8 Å². The number of nitrogens with zero attached hydrogens (tertiary/aromatic N) is 2. The zero-order valence-corrected chi connectivity index (χ0v) is 14.1. The number of hydrogen-bond donors (Lipinski definition) is 1. The number of likely N-dealkylation sites (N-methyl/N-ethyl adjacent to an activating group) is 1. The Kier molecular flexibility index (Phi) is 8.61. The topological polar surface area (TPSA) is 87.2 Å². The van der Waals surface area contributed by atoms with Gasteiger partial charge in [0.05, 0.1) is 12.5 Å². The van der Waals surface area contributed by atoms with Gasteiger partial charge in [-0.05, 0) is 19.3 Å². The van der Waals surface area contributed by atoms with E-state index in [0.29, 0.717) is 26.0 Å². The summed E-state index contributed by atoms with van der Waals surface area (Å²) in [7, 11) is 1.56. The van der Waals surface area contributed by atoms with Crippen molar-refractivity contribution in [3.8, 4) is 0 Å². The molecule has 1 aliphatic heterocycles. The summed E-state index contributed by atoms with van der Waals surface area (Å²) in [4.78, 5) is 38.0. The molecule has 0 bridgehead atoms. The van der Waals surface area contributed by atoms with E-state index in [9.17, 15) is 14.4 Å². The van der Waals surface area contributed by atoms with Gasteiger partial charge in [-0.15, -0.1) is 0 Å². The second kappa shape index (κ2) is 10.2. The molecular weight excluding hydrogens is 300 g/mol. The summed E-state index contributed by atoms with van der Waals surface area (Å²) in [6, 6.07) is 0. The van der Waals surface area contributed by atoms with Crippen molar-refractivity contribution in [2.75, 3.05) is 39.9 Å².